The molecule has 4 atom stereocenters. The minimum absolute atomic E-state index is 0.0530. The molecule has 3 aliphatic rings. The van der Waals surface area contributed by atoms with Gasteiger partial charge in [-0.05, 0) is 49.2 Å². The lowest BCUT2D eigenvalue weighted by molar-refractivity contribution is -0.123. The first-order valence-corrected chi connectivity index (χ1v) is 10.5. The van der Waals surface area contributed by atoms with E-state index in [1.54, 1.807) is 24.3 Å². The van der Waals surface area contributed by atoms with Gasteiger partial charge in [-0.15, -0.1) is 0 Å². The zero-order chi connectivity index (χ0) is 21.4. The molecular formula is C23H23FN2O5. The molecule has 7 nitrogen and oxygen atoms in total. The zero-order valence-electron chi connectivity index (χ0n) is 16.8. The topological polar surface area (TPSA) is 85.9 Å². The van der Waals surface area contributed by atoms with E-state index in [4.69, 9.17) is 14.2 Å². The highest BCUT2D eigenvalue weighted by Gasteiger charge is 2.49. The number of fused-ring (bicyclic) bond motifs is 1. The highest BCUT2D eigenvalue weighted by atomic mass is 19.1. The number of carbonyl (C=O) groups excluding carboxylic acids is 2. The number of hydrogen-bond donors (Lipinski definition) is 2. The third-order valence-electron chi connectivity index (χ3n) is 5.82. The second kappa shape index (κ2) is 8.28. The standard InChI is InChI=1S/C23H23FN2O5/c24-14-7-9-15(10-8-14)31-19-4-2-1-3-16(19)23(28)26-18-12-30-20-17(11-29-21(18)20)25-22(27)13-5-6-13/h1-4,7-10,13,17-18,20-21H,5-6,11-12H2,(H,25,27)(H,26,28)/t17-,18-,20+,21+/m0/s1. The SMILES string of the molecule is O=C(N[C@H]1CO[C@H]2[C@@H]1OC[C@@H]2NC(=O)C1CC1)c1ccccc1Oc1ccc(F)cc1. The molecule has 2 N–H and O–H groups in total. The summed E-state index contributed by atoms with van der Waals surface area (Å²) in [5.41, 5.74) is 0.354. The molecule has 0 unspecified atom stereocenters. The Hall–Kier alpha value is -2.97. The van der Waals surface area contributed by atoms with E-state index in [2.05, 4.69) is 10.6 Å². The molecule has 0 bridgehead atoms. The van der Waals surface area contributed by atoms with Crippen LogP contribution < -0.4 is 15.4 Å². The molecule has 1 aliphatic carbocycles. The van der Waals surface area contributed by atoms with Crippen LogP contribution in [0.3, 0.4) is 0 Å². The van der Waals surface area contributed by atoms with Gasteiger partial charge in [0.25, 0.3) is 5.91 Å². The van der Waals surface area contributed by atoms with Crippen LogP contribution >= 0.6 is 0 Å². The Morgan fingerprint density at radius 2 is 1.55 bits per heavy atom. The van der Waals surface area contributed by atoms with Gasteiger partial charge >= 0.3 is 0 Å². The smallest absolute Gasteiger partial charge is 0.255 e. The minimum atomic E-state index is -0.364. The number of hydrogen-bond acceptors (Lipinski definition) is 5. The molecule has 2 aromatic carbocycles. The van der Waals surface area contributed by atoms with Crippen molar-refractivity contribution in [1.82, 2.24) is 10.6 Å². The summed E-state index contributed by atoms with van der Waals surface area (Å²) >= 11 is 0. The summed E-state index contributed by atoms with van der Waals surface area (Å²) in [7, 11) is 0. The molecule has 2 amide bonds. The lowest BCUT2D eigenvalue weighted by Gasteiger charge is -2.19. The van der Waals surface area contributed by atoms with E-state index >= 15 is 0 Å². The van der Waals surface area contributed by atoms with E-state index in [0.717, 1.165) is 12.8 Å². The third-order valence-corrected chi connectivity index (χ3v) is 5.82. The van der Waals surface area contributed by atoms with E-state index in [1.807, 2.05) is 0 Å². The van der Waals surface area contributed by atoms with Crippen molar-refractivity contribution in [1.29, 1.82) is 0 Å². The summed E-state index contributed by atoms with van der Waals surface area (Å²) in [6, 6.07) is 11.9. The van der Waals surface area contributed by atoms with Crippen LogP contribution in [0, 0.1) is 11.7 Å². The normalized spacial score (nSPS) is 26.9. The van der Waals surface area contributed by atoms with Gasteiger partial charge in [0, 0.05) is 5.92 Å². The van der Waals surface area contributed by atoms with Crippen molar-refractivity contribution in [2.24, 2.45) is 5.92 Å². The molecule has 2 aliphatic heterocycles. The van der Waals surface area contributed by atoms with Gasteiger partial charge in [-0.3, -0.25) is 9.59 Å². The van der Waals surface area contributed by atoms with Crippen LogP contribution in [-0.2, 0) is 14.3 Å². The van der Waals surface area contributed by atoms with Crippen LogP contribution in [0.4, 0.5) is 4.39 Å². The van der Waals surface area contributed by atoms with E-state index in [-0.39, 0.29) is 47.8 Å². The quantitative estimate of drug-likeness (QED) is 0.741. The summed E-state index contributed by atoms with van der Waals surface area (Å²) in [6.07, 6.45) is 1.27. The van der Waals surface area contributed by atoms with E-state index in [9.17, 15) is 14.0 Å². The maximum atomic E-state index is 13.1. The molecule has 1 saturated carbocycles. The number of para-hydroxylation sites is 1. The number of nitrogens with one attached hydrogen (secondary N) is 2. The number of rotatable bonds is 6. The molecule has 162 valence electrons. The largest absolute Gasteiger partial charge is 0.457 e. The van der Waals surface area contributed by atoms with Gasteiger partial charge in [0.15, 0.2) is 0 Å². The Bertz CT molecular complexity index is 978. The van der Waals surface area contributed by atoms with Gasteiger partial charge in [-0.2, -0.15) is 0 Å². The Balaban J connectivity index is 1.24. The molecule has 8 heteroatoms. The molecule has 2 heterocycles. The molecular weight excluding hydrogens is 403 g/mol. The van der Waals surface area contributed by atoms with E-state index in [0.29, 0.717) is 30.3 Å². The molecule has 2 saturated heterocycles. The molecule has 0 aromatic heterocycles. The fourth-order valence-corrected chi connectivity index (χ4v) is 4.01. The van der Waals surface area contributed by atoms with Crippen LogP contribution in [0.5, 0.6) is 11.5 Å². The molecule has 0 spiro atoms. The molecule has 31 heavy (non-hydrogen) atoms. The number of halogens is 1. The van der Waals surface area contributed by atoms with Gasteiger partial charge in [0.2, 0.25) is 5.91 Å². The number of benzene rings is 2. The summed E-state index contributed by atoms with van der Waals surface area (Å²) in [5.74, 6) is 0.285. The third kappa shape index (κ3) is 4.26. The lowest BCUT2D eigenvalue weighted by Crippen LogP contribution is -2.47. The van der Waals surface area contributed by atoms with Crippen molar-refractivity contribution >= 4 is 11.8 Å². The Kier molecular flexibility index (Phi) is 5.33. The average Bonchev–Trinajstić information content (AvgIpc) is 3.45. The minimum Gasteiger partial charge on any atom is -0.457 e. The molecule has 0 radical (unpaired) electrons. The average molecular weight is 426 g/mol. The zero-order valence-corrected chi connectivity index (χ0v) is 16.8. The lowest BCUT2D eigenvalue weighted by atomic mass is 10.1. The highest BCUT2D eigenvalue weighted by Crippen LogP contribution is 2.32. The number of amides is 2. The predicted octanol–water partition coefficient (Wildman–Crippen LogP) is 2.41. The summed E-state index contributed by atoms with van der Waals surface area (Å²) in [6.45, 7) is 0.669. The van der Waals surface area contributed by atoms with Gasteiger partial charge in [-0.1, -0.05) is 12.1 Å². The summed E-state index contributed by atoms with van der Waals surface area (Å²) in [4.78, 5) is 25.1. The highest BCUT2D eigenvalue weighted by molar-refractivity contribution is 5.97. The maximum Gasteiger partial charge on any atom is 0.255 e. The van der Waals surface area contributed by atoms with Crippen LogP contribution in [-0.4, -0.2) is 49.3 Å². The van der Waals surface area contributed by atoms with E-state index in [1.165, 1.54) is 24.3 Å². The van der Waals surface area contributed by atoms with Crippen molar-refractivity contribution in [3.05, 3.63) is 59.9 Å². The van der Waals surface area contributed by atoms with Crippen LogP contribution in [0.2, 0.25) is 0 Å². The first-order chi connectivity index (χ1) is 15.1. The Labute approximate surface area is 178 Å². The molecule has 3 fully saturated rings. The van der Waals surface area contributed by atoms with Crippen LogP contribution in [0.15, 0.2) is 48.5 Å². The number of carbonyl (C=O) groups is 2. The molecule has 5 rings (SSSR count). The van der Waals surface area contributed by atoms with Gasteiger partial charge in [0.1, 0.15) is 29.5 Å². The second-order valence-electron chi connectivity index (χ2n) is 8.12. The Morgan fingerprint density at radius 3 is 2.23 bits per heavy atom. The van der Waals surface area contributed by atoms with Gasteiger partial charge in [0.05, 0.1) is 30.9 Å². The van der Waals surface area contributed by atoms with Crippen LogP contribution in [0.1, 0.15) is 23.2 Å². The fraction of sp³-hybridized carbons (Fsp3) is 0.391. The molecule has 2 aromatic rings. The second-order valence-corrected chi connectivity index (χ2v) is 8.12. The van der Waals surface area contributed by atoms with E-state index < -0.39 is 0 Å². The Morgan fingerprint density at radius 1 is 0.903 bits per heavy atom. The van der Waals surface area contributed by atoms with Gasteiger partial charge < -0.3 is 24.8 Å². The van der Waals surface area contributed by atoms with Crippen molar-refractivity contribution in [3.63, 3.8) is 0 Å². The van der Waals surface area contributed by atoms with Crippen LogP contribution in [0.25, 0.3) is 0 Å². The summed E-state index contributed by atoms with van der Waals surface area (Å²) in [5, 5.41) is 5.98. The van der Waals surface area contributed by atoms with Crippen molar-refractivity contribution < 1.29 is 28.2 Å². The van der Waals surface area contributed by atoms with Crippen molar-refractivity contribution in [2.75, 3.05) is 13.2 Å². The van der Waals surface area contributed by atoms with Crippen molar-refractivity contribution in [2.45, 2.75) is 37.1 Å². The fourth-order valence-electron chi connectivity index (χ4n) is 4.01. The predicted molar refractivity (Wildman–Crippen MR) is 108 cm³/mol. The number of ether oxygens (including phenoxy) is 3. The maximum absolute atomic E-state index is 13.1. The monoisotopic (exact) mass is 426 g/mol. The summed E-state index contributed by atoms with van der Waals surface area (Å²) < 4.78 is 30.6. The first kappa shape index (κ1) is 20.0. The first-order valence-electron chi connectivity index (χ1n) is 10.5. The van der Waals surface area contributed by atoms with Gasteiger partial charge in [-0.25, -0.2) is 4.39 Å². The van der Waals surface area contributed by atoms with Crippen molar-refractivity contribution in [3.8, 4) is 11.5 Å².